The van der Waals surface area contributed by atoms with Gasteiger partial charge in [0, 0.05) is 12.2 Å². The number of nitrogen functional groups attached to an aromatic ring is 1. The fourth-order valence-corrected chi connectivity index (χ4v) is 4.54. The van der Waals surface area contributed by atoms with Crippen molar-refractivity contribution in [1.29, 1.82) is 0 Å². The van der Waals surface area contributed by atoms with Gasteiger partial charge in [0.15, 0.2) is 4.34 Å². The number of benzene rings is 2. The molecule has 0 fully saturated rings. The molecule has 2 aromatic heterocycles. The highest BCUT2D eigenvalue weighted by atomic mass is 32.2. The van der Waals surface area contributed by atoms with Crippen LogP contribution in [-0.4, -0.2) is 25.1 Å². The summed E-state index contributed by atoms with van der Waals surface area (Å²) in [6, 6.07) is 19.8. The van der Waals surface area contributed by atoms with Gasteiger partial charge in [-0.05, 0) is 24.6 Å². The molecular weight excluding hydrogens is 416 g/mol. The van der Waals surface area contributed by atoms with Crippen molar-refractivity contribution < 1.29 is 0 Å². The lowest BCUT2D eigenvalue weighted by Gasteiger charge is -2.10. The molecule has 0 amide bonds. The van der Waals surface area contributed by atoms with E-state index in [1.54, 1.807) is 0 Å². The van der Waals surface area contributed by atoms with Crippen molar-refractivity contribution in [3.63, 3.8) is 0 Å². The number of nitrogens with two attached hydrogens (primary N) is 1. The SMILES string of the molecule is CC(Sc1nnc(NCc2ccccc2)s1)c1nc(N)nc(Nc2ccccc2)n1. The predicted octanol–water partition coefficient (Wildman–Crippen LogP) is 4.51. The van der Waals surface area contributed by atoms with Gasteiger partial charge in [0.05, 0.1) is 5.25 Å². The standard InChI is InChI=1S/C20H20N8S2/c1-13(16-24-17(21)26-18(25-16)23-15-10-6-3-7-11-15)29-20-28-27-19(30-20)22-12-14-8-4-2-5-9-14/h2-11,13H,12H2,1H3,(H,22,27)(H3,21,23,24,25,26). The summed E-state index contributed by atoms with van der Waals surface area (Å²) in [4.78, 5) is 13.0. The lowest BCUT2D eigenvalue weighted by atomic mass is 10.2. The molecule has 10 heteroatoms. The van der Waals surface area contributed by atoms with E-state index >= 15 is 0 Å². The number of hydrogen-bond donors (Lipinski definition) is 3. The Balaban J connectivity index is 1.40. The molecule has 0 saturated heterocycles. The molecule has 1 atom stereocenters. The minimum Gasteiger partial charge on any atom is -0.368 e. The summed E-state index contributed by atoms with van der Waals surface area (Å²) < 4.78 is 0.828. The van der Waals surface area contributed by atoms with Gasteiger partial charge in [-0.3, -0.25) is 0 Å². The Hall–Kier alpha value is -3.24. The number of rotatable bonds is 8. The van der Waals surface area contributed by atoms with E-state index in [1.165, 1.54) is 28.7 Å². The molecule has 0 radical (unpaired) electrons. The number of nitrogens with one attached hydrogen (secondary N) is 2. The number of hydrogen-bond acceptors (Lipinski definition) is 10. The molecular formula is C20H20N8S2. The van der Waals surface area contributed by atoms with Crippen molar-refractivity contribution >= 4 is 45.8 Å². The summed E-state index contributed by atoms with van der Waals surface area (Å²) in [5.41, 5.74) is 7.97. The summed E-state index contributed by atoms with van der Waals surface area (Å²) >= 11 is 3.03. The van der Waals surface area contributed by atoms with Crippen LogP contribution in [0.25, 0.3) is 0 Å². The van der Waals surface area contributed by atoms with Crippen LogP contribution < -0.4 is 16.4 Å². The minimum absolute atomic E-state index is 0.0680. The van der Waals surface area contributed by atoms with Gasteiger partial charge < -0.3 is 16.4 Å². The number of para-hydroxylation sites is 1. The Morgan fingerprint density at radius 3 is 2.47 bits per heavy atom. The van der Waals surface area contributed by atoms with Crippen molar-refractivity contribution in [2.45, 2.75) is 23.1 Å². The molecule has 4 rings (SSSR count). The Kier molecular flexibility index (Phi) is 6.35. The summed E-state index contributed by atoms with van der Waals surface area (Å²) in [5.74, 6) is 1.17. The Morgan fingerprint density at radius 2 is 1.70 bits per heavy atom. The molecule has 30 heavy (non-hydrogen) atoms. The third-order valence-corrected chi connectivity index (χ3v) is 6.10. The van der Waals surface area contributed by atoms with Crippen molar-refractivity contribution in [3.05, 3.63) is 72.1 Å². The maximum atomic E-state index is 5.90. The van der Waals surface area contributed by atoms with Crippen LogP contribution in [0, 0.1) is 0 Å². The molecule has 0 bridgehead atoms. The van der Waals surface area contributed by atoms with Gasteiger partial charge >= 0.3 is 0 Å². The van der Waals surface area contributed by atoms with Crippen molar-refractivity contribution in [1.82, 2.24) is 25.1 Å². The molecule has 0 aliphatic heterocycles. The highest BCUT2D eigenvalue weighted by Crippen LogP contribution is 2.36. The van der Waals surface area contributed by atoms with Crippen molar-refractivity contribution in [2.24, 2.45) is 0 Å². The van der Waals surface area contributed by atoms with Crippen LogP contribution in [0.4, 0.5) is 22.7 Å². The molecule has 2 aromatic carbocycles. The maximum absolute atomic E-state index is 5.90. The number of anilines is 4. The first kappa shape index (κ1) is 20.0. The normalized spacial score (nSPS) is 11.8. The first-order valence-electron chi connectivity index (χ1n) is 9.27. The second kappa shape index (κ2) is 9.51. The molecule has 0 spiro atoms. The molecule has 4 N–H and O–H groups in total. The monoisotopic (exact) mass is 436 g/mol. The zero-order valence-corrected chi connectivity index (χ0v) is 17.8. The Labute approximate surface area is 182 Å². The highest BCUT2D eigenvalue weighted by Gasteiger charge is 2.16. The van der Waals surface area contributed by atoms with E-state index in [0.29, 0.717) is 18.3 Å². The molecule has 1 unspecified atom stereocenters. The Morgan fingerprint density at radius 1 is 0.967 bits per heavy atom. The summed E-state index contributed by atoms with van der Waals surface area (Å²) in [6.07, 6.45) is 0. The van der Waals surface area contributed by atoms with E-state index in [2.05, 4.69) is 47.9 Å². The topological polar surface area (TPSA) is 115 Å². The first-order chi connectivity index (χ1) is 14.7. The molecule has 0 saturated carbocycles. The van der Waals surface area contributed by atoms with Gasteiger partial charge in [0.1, 0.15) is 5.82 Å². The van der Waals surface area contributed by atoms with Gasteiger partial charge in [0.2, 0.25) is 17.0 Å². The highest BCUT2D eigenvalue weighted by molar-refractivity contribution is 8.01. The molecule has 0 aliphatic rings. The first-order valence-corrected chi connectivity index (χ1v) is 11.0. The van der Waals surface area contributed by atoms with Gasteiger partial charge in [-0.25, -0.2) is 0 Å². The summed E-state index contributed by atoms with van der Waals surface area (Å²) in [6.45, 7) is 2.71. The quantitative estimate of drug-likeness (QED) is 0.343. The maximum Gasteiger partial charge on any atom is 0.232 e. The van der Waals surface area contributed by atoms with Crippen LogP contribution in [-0.2, 0) is 6.54 Å². The van der Waals surface area contributed by atoms with Crippen LogP contribution >= 0.6 is 23.1 Å². The largest absolute Gasteiger partial charge is 0.368 e. The lowest BCUT2D eigenvalue weighted by Crippen LogP contribution is -2.08. The van der Waals surface area contributed by atoms with Crippen molar-refractivity contribution in [3.8, 4) is 0 Å². The van der Waals surface area contributed by atoms with Gasteiger partial charge in [-0.2, -0.15) is 15.0 Å². The average molecular weight is 437 g/mol. The molecule has 8 nitrogen and oxygen atoms in total. The van der Waals surface area contributed by atoms with Crippen LogP contribution in [0.3, 0.4) is 0 Å². The van der Waals surface area contributed by atoms with Gasteiger partial charge in [-0.15, -0.1) is 10.2 Å². The summed E-state index contributed by atoms with van der Waals surface area (Å²) in [7, 11) is 0. The molecule has 0 aliphatic carbocycles. The van der Waals surface area contributed by atoms with E-state index in [-0.39, 0.29) is 11.2 Å². The fourth-order valence-electron chi connectivity index (χ4n) is 2.60. The van der Waals surface area contributed by atoms with Crippen LogP contribution in [0.2, 0.25) is 0 Å². The zero-order chi connectivity index (χ0) is 20.8. The van der Waals surface area contributed by atoms with Crippen LogP contribution in [0.15, 0.2) is 65.0 Å². The number of nitrogens with zero attached hydrogens (tertiary/aromatic N) is 5. The van der Waals surface area contributed by atoms with E-state index < -0.39 is 0 Å². The van der Waals surface area contributed by atoms with Crippen LogP contribution in [0.5, 0.6) is 0 Å². The van der Waals surface area contributed by atoms with E-state index in [9.17, 15) is 0 Å². The second-order valence-electron chi connectivity index (χ2n) is 6.34. The van der Waals surface area contributed by atoms with Crippen LogP contribution in [0.1, 0.15) is 23.6 Å². The number of aromatic nitrogens is 5. The van der Waals surface area contributed by atoms with E-state index in [0.717, 1.165) is 15.2 Å². The minimum atomic E-state index is -0.0680. The predicted molar refractivity (Wildman–Crippen MR) is 122 cm³/mol. The average Bonchev–Trinajstić information content (AvgIpc) is 3.20. The smallest absolute Gasteiger partial charge is 0.232 e. The van der Waals surface area contributed by atoms with E-state index in [1.807, 2.05) is 55.5 Å². The molecule has 2 heterocycles. The molecule has 4 aromatic rings. The number of thioether (sulfide) groups is 1. The van der Waals surface area contributed by atoms with Gasteiger partial charge in [-0.1, -0.05) is 71.6 Å². The second-order valence-corrected chi connectivity index (χ2v) is 8.90. The van der Waals surface area contributed by atoms with Gasteiger partial charge in [0.25, 0.3) is 0 Å². The molecule has 152 valence electrons. The van der Waals surface area contributed by atoms with E-state index in [4.69, 9.17) is 5.73 Å². The van der Waals surface area contributed by atoms with Crippen molar-refractivity contribution in [2.75, 3.05) is 16.4 Å². The third kappa shape index (κ3) is 5.43. The fraction of sp³-hybridized carbons (Fsp3) is 0.150. The lowest BCUT2D eigenvalue weighted by molar-refractivity contribution is 0.892. The zero-order valence-electron chi connectivity index (χ0n) is 16.2. The summed E-state index contributed by atoms with van der Waals surface area (Å²) in [5, 5.41) is 15.6. The Bertz CT molecular complexity index is 1090. The third-order valence-electron chi connectivity index (χ3n) is 4.03.